The van der Waals surface area contributed by atoms with Crippen LogP contribution in [0.25, 0.3) is 0 Å². The van der Waals surface area contributed by atoms with Gasteiger partial charge in [-0.05, 0) is 37.1 Å². The van der Waals surface area contributed by atoms with Crippen LogP contribution < -0.4 is 10.1 Å². The van der Waals surface area contributed by atoms with Crippen molar-refractivity contribution in [2.24, 2.45) is 0 Å². The van der Waals surface area contributed by atoms with Crippen molar-refractivity contribution in [3.05, 3.63) is 29.8 Å². The fourth-order valence-corrected chi connectivity index (χ4v) is 1.76. The van der Waals surface area contributed by atoms with Crippen molar-refractivity contribution in [1.82, 2.24) is 5.32 Å². The summed E-state index contributed by atoms with van der Waals surface area (Å²) in [6.07, 6.45) is 2.55. The standard InChI is InChI=1S/C12H17NO/c1-2-10-4-3-5-11(8-10)14-12-6-7-13-9-12/h3-5,8,12-13H,2,6-7,9H2,1H3/t12-/m0/s1. The van der Waals surface area contributed by atoms with Crippen molar-refractivity contribution in [3.8, 4) is 5.75 Å². The van der Waals surface area contributed by atoms with Crippen molar-refractivity contribution < 1.29 is 4.74 Å². The molecule has 1 fully saturated rings. The molecule has 0 bridgehead atoms. The monoisotopic (exact) mass is 191 g/mol. The summed E-state index contributed by atoms with van der Waals surface area (Å²) in [4.78, 5) is 0. The molecule has 1 aliphatic heterocycles. The molecule has 0 spiro atoms. The molecular formula is C12H17NO. The van der Waals surface area contributed by atoms with E-state index in [1.807, 2.05) is 6.07 Å². The summed E-state index contributed by atoms with van der Waals surface area (Å²) in [5.74, 6) is 1.01. The molecule has 1 aromatic carbocycles. The van der Waals surface area contributed by atoms with Crippen LogP contribution >= 0.6 is 0 Å². The Hall–Kier alpha value is -1.02. The van der Waals surface area contributed by atoms with Gasteiger partial charge in [0.1, 0.15) is 11.9 Å². The van der Waals surface area contributed by atoms with E-state index in [9.17, 15) is 0 Å². The second-order valence-electron chi connectivity index (χ2n) is 3.73. The minimum Gasteiger partial charge on any atom is -0.489 e. The Bertz CT molecular complexity index is 292. The van der Waals surface area contributed by atoms with E-state index in [-0.39, 0.29) is 0 Å². The van der Waals surface area contributed by atoms with Gasteiger partial charge in [0, 0.05) is 6.54 Å². The smallest absolute Gasteiger partial charge is 0.120 e. The Kier molecular flexibility index (Phi) is 3.04. The minimum absolute atomic E-state index is 0.363. The Morgan fingerprint density at radius 1 is 1.50 bits per heavy atom. The van der Waals surface area contributed by atoms with E-state index in [2.05, 4.69) is 30.4 Å². The maximum atomic E-state index is 5.86. The van der Waals surface area contributed by atoms with Gasteiger partial charge in [0.25, 0.3) is 0 Å². The number of rotatable bonds is 3. The zero-order chi connectivity index (χ0) is 9.80. The fraction of sp³-hybridized carbons (Fsp3) is 0.500. The van der Waals surface area contributed by atoms with E-state index >= 15 is 0 Å². The predicted octanol–water partition coefficient (Wildman–Crippen LogP) is 1.99. The topological polar surface area (TPSA) is 21.3 Å². The van der Waals surface area contributed by atoms with Crippen molar-refractivity contribution >= 4 is 0 Å². The van der Waals surface area contributed by atoms with E-state index in [0.29, 0.717) is 6.10 Å². The number of hydrogen-bond acceptors (Lipinski definition) is 2. The number of hydrogen-bond donors (Lipinski definition) is 1. The average molecular weight is 191 g/mol. The van der Waals surface area contributed by atoms with Crippen molar-refractivity contribution in [2.45, 2.75) is 25.9 Å². The molecule has 0 radical (unpaired) electrons. The fourth-order valence-electron chi connectivity index (χ4n) is 1.76. The van der Waals surface area contributed by atoms with E-state index in [1.165, 1.54) is 5.56 Å². The lowest BCUT2D eigenvalue weighted by Gasteiger charge is -2.12. The predicted molar refractivity (Wildman–Crippen MR) is 57.7 cm³/mol. The number of aryl methyl sites for hydroxylation is 1. The summed E-state index contributed by atoms with van der Waals surface area (Å²) in [6.45, 7) is 4.23. The highest BCUT2D eigenvalue weighted by Gasteiger charge is 2.15. The molecule has 0 amide bonds. The van der Waals surface area contributed by atoms with E-state index in [0.717, 1.165) is 31.7 Å². The first-order chi connectivity index (χ1) is 6.88. The van der Waals surface area contributed by atoms with Crippen molar-refractivity contribution in [1.29, 1.82) is 0 Å². The maximum Gasteiger partial charge on any atom is 0.120 e. The lowest BCUT2D eigenvalue weighted by atomic mass is 10.1. The van der Waals surface area contributed by atoms with Gasteiger partial charge in [-0.2, -0.15) is 0 Å². The van der Waals surface area contributed by atoms with Crippen LogP contribution in [-0.4, -0.2) is 19.2 Å². The molecule has 76 valence electrons. The van der Waals surface area contributed by atoms with Crippen LogP contribution in [0.4, 0.5) is 0 Å². The lowest BCUT2D eigenvalue weighted by molar-refractivity contribution is 0.223. The molecule has 2 heteroatoms. The second kappa shape index (κ2) is 4.47. The van der Waals surface area contributed by atoms with Crippen molar-refractivity contribution in [3.63, 3.8) is 0 Å². The zero-order valence-corrected chi connectivity index (χ0v) is 8.62. The first kappa shape index (κ1) is 9.53. The molecule has 1 saturated heterocycles. The van der Waals surface area contributed by atoms with Crippen LogP contribution in [0.1, 0.15) is 18.9 Å². The lowest BCUT2D eigenvalue weighted by Crippen LogP contribution is -2.19. The van der Waals surface area contributed by atoms with Gasteiger partial charge in [0.15, 0.2) is 0 Å². The van der Waals surface area contributed by atoms with Crippen LogP contribution in [0, 0.1) is 0 Å². The Labute approximate surface area is 85.3 Å². The molecule has 0 aromatic heterocycles. The molecule has 1 atom stereocenters. The van der Waals surface area contributed by atoms with Crippen LogP contribution in [0.15, 0.2) is 24.3 Å². The quantitative estimate of drug-likeness (QED) is 0.789. The van der Waals surface area contributed by atoms with Gasteiger partial charge in [0.2, 0.25) is 0 Å². The van der Waals surface area contributed by atoms with Gasteiger partial charge in [0.05, 0.1) is 0 Å². The van der Waals surface area contributed by atoms with Gasteiger partial charge in [-0.1, -0.05) is 19.1 Å². The SMILES string of the molecule is CCc1cccc(O[C@H]2CCNC2)c1. The Balaban J connectivity index is 2.00. The summed E-state index contributed by atoms with van der Waals surface area (Å²) >= 11 is 0. The maximum absolute atomic E-state index is 5.86. The van der Waals surface area contributed by atoms with Gasteiger partial charge in [-0.25, -0.2) is 0 Å². The Morgan fingerprint density at radius 2 is 2.43 bits per heavy atom. The summed E-state index contributed by atoms with van der Waals surface area (Å²) in [7, 11) is 0. The van der Waals surface area contributed by atoms with Gasteiger partial charge in [-0.15, -0.1) is 0 Å². The first-order valence-corrected chi connectivity index (χ1v) is 5.35. The van der Waals surface area contributed by atoms with Crippen molar-refractivity contribution in [2.75, 3.05) is 13.1 Å². The normalized spacial score (nSPS) is 21.1. The van der Waals surface area contributed by atoms with Gasteiger partial charge < -0.3 is 10.1 Å². The molecule has 14 heavy (non-hydrogen) atoms. The second-order valence-corrected chi connectivity index (χ2v) is 3.73. The van der Waals surface area contributed by atoms with Crippen LogP contribution in [0.3, 0.4) is 0 Å². The van der Waals surface area contributed by atoms with Crippen LogP contribution in [0.5, 0.6) is 5.75 Å². The molecule has 1 aliphatic rings. The van der Waals surface area contributed by atoms with Gasteiger partial charge >= 0.3 is 0 Å². The third kappa shape index (κ3) is 2.26. The summed E-state index contributed by atoms with van der Waals surface area (Å²) < 4.78 is 5.86. The highest BCUT2D eigenvalue weighted by atomic mass is 16.5. The first-order valence-electron chi connectivity index (χ1n) is 5.35. The highest BCUT2D eigenvalue weighted by molar-refractivity contribution is 5.28. The van der Waals surface area contributed by atoms with Crippen LogP contribution in [-0.2, 0) is 6.42 Å². The largest absolute Gasteiger partial charge is 0.489 e. The third-order valence-corrected chi connectivity index (χ3v) is 2.62. The highest BCUT2D eigenvalue weighted by Crippen LogP contribution is 2.17. The average Bonchev–Trinajstić information content (AvgIpc) is 2.71. The van der Waals surface area contributed by atoms with Gasteiger partial charge in [-0.3, -0.25) is 0 Å². The molecule has 1 N–H and O–H groups in total. The summed E-state index contributed by atoms with van der Waals surface area (Å²) in [5, 5.41) is 3.30. The number of ether oxygens (including phenoxy) is 1. The molecule has 2 rings (SSSR count). The van der Waals surface area contributed by atoms with E-state index in [4.69, 9.17) is 4.74 Å². The number of nitrogens with one attached hydrogen (secondary N) is 1. The molecule has 0 aliphatic carbocycles. The molecule has 0 saturated carbocycles. The molecular weight excluding hydrogens is 174 g/mol. The van der Waals surface area contributed by atoms with Crippen LogP contribution in [0.2, 0.25) is 0 Å². The van der Waals surface area contributed by atoms with E-state index < -0.39 is 0 Å². The molecule has 1 heterocycles. The Morgan fingerprint density at radius 3 is 3.14 bits per heavy atom. The third-order valence-electron chi connectivity index (χ3n) is 2.62. The molecule has 1 aromatic rings. The summed E-state index contributed by atoms with van der Waals surface area (Å²) in [5.41, 5.74) is 1.34. The molecule has 0 unspecified atom stereocenters. The van der Waals surface area contributed by atoms with E-state index in [1.54, 1.807) is 0 Å². The zero-order valence-electron chi connectivity index (χ0n) is 8.62. The minimum atomic E-state index is 0.363. The summed E-state index contributed by atoms with van der Waals surface area (Å²) in [6, 6.07) is 8.38. The number of benzene rings is 1. The molecule has 2 nitrogen and oxygen atoms in total.